The Hall–Kier alpha value is -1.06. The van der Waals surface area contributed by atoms with Gasteiger partial charge in [-0.1, -0.05) is 31.0 Å². The van der Waals surface area contributed by atoms with Crippen LogP contribution in [0, 0.1) is 0 Å². The van der Waals surface area contributed by atoms with Gasteiger partial charge in [0.2, 0.25) is 0 Å². The van der Waals surface area contributed by atoms with E-state index in [2.05, 4.69) is 4.90 Å². The summed E-state index contributed by atoms with van der Waals surface area (Å²) >= 11 is 0. The van der Waals surface area contributed by atoms with Gasteiger partial charge in [-0.25, -0.2) is 0 Å². The molecule has 0 unspecified atom stereocenters. The lowest BCUT2D eigenvalue weighted by molar-refractivity contribution is 0.0804. The smallest absolute Gasteiger partial charge is 0.119 e. The van der Waals surface area contributed by atoms with Crippen LogP contribution in [0.25, 0.3) is 0 Å². The van der Waals surface area contributed by atoms with E-state index in [-0.39, 0.29) is 0 Å². The van der Waals surface area contributed by atoms with Crippen molar-refractivity contribution in [3.8, 4) is 5.75 Å². The quantitative estimate of drug-likeness (QED) is 0.706. The lowest BCUT2D eigenvalue weighted by Crippen LogP contribution is -2.29. The van der Waals surface area contributed by atoms with E-state index in [9.17, 15) is 0 Å². The molecule has 1 aliphatic heterocycles. The van der Waals surface area contributed by atoms with E-state index in [4.69, 9.17) is 9.47 Å². The lowest BCUT2D eigenvalue weighted by atomic mass is 10.2. The maximum Gasteiger partial charge on any atom is 0.119 e. The lowest BCUT2D eigenvalue weighted by Gasteiger charge is -2.19. The van der Waals surface area contributed by atoms with Gasteiger partial charge in [0, 0.05) is 6.54 Å². The van der Waals surface area contributed by atoms with Crippen molar-refractivity contribution in [3.63, 3.8) is 0 Å². The predicted octanol–water partition coefficient (Wildman–Crippen LogP) is 2.96. The number of hydrogen-bond donors (Lipinski definition) is 0. The second kappa shape index (κ2) is 8.94. The van der Waals surface area contributed by atoms with Gasteiger partial charge in [-0.3, -0.25) is 0 Å². The van der Waals surface area contributed by atoms with Crippen LogP contribution in [0.5, 0.6) is 5.75 Å². The number of hydrogen-bond acceptors (Lipinski definition) is 3. The van der Waals surface area contributed by atoms with Crippen LogP contribution in [0.2, 0.25) is 0 Å². The SMILES string of the molecule is c1ccc(OCCOCCN2CCCCCC2)cc1. The summed E-state index contributed by atoms with van der Waals surface area (Å²) in [4.78, 5) is 2.52. The molecule has 1 aliphatic rings. The molecule has 0 amide bonds. The van der Waals surface area contributed by atoms with Crippen LogP contribution in [0.15, 0.2) is 30.3 Å². The summed E-state index contributed by atoms with van der Waals surface area (Å²) in [5, 5.41) is 0. The Labute approximate surface area is 116 Å². The van der Waals surface area contributed by atoms with Gasteiger partial charge in [-0.2, -0.15) is 0 Å². The number of rotatable bonds is 7. The first-order valence-corrected chi connectivity index (χ1v) is 7.43. The van der Waals surface area contributed by atoms with Crippen molar-refractivity contribution >= 4 is 0 Å². The topological polar surface area (TPSA) is 21.7 Å². The summed E-state index contributed by atoms with van der Waals surface area (Å²) in [6, 6.07) is 9.89. The van der Waals surface area contributed by atoms with Gasteiger partial charge in [0.15, 0.2) is 0 Å². The summed E-state index contributed by atoms with van der Waals surface area (Å²) in [7, 11) is 0. The Morgan fingerprint density at radius 2 is 1.58 bits per heavy atom. The fourth-order valence-electron chi connectivity index (χ4n) is 2.39. The monoisotopic (exact) mass is 263 g/mol. The molecule has 106 valence electrons. The van der Waals surface area contributed by atoms with E-state index in [0.29, 0.717) is 13.2 Å². The molecule has 2 rings (SSSR count). The fourth-order valence-corrected chi connectivity index (χ4v) is 2.39. The molecule has 1 aromatic rings. The van der Waals surface area contributed by atoms with E-state index < -0.39 is 0 Å². The molecule has 0 aliphatic carbocycles. The van der Waals surface area contributed by atoms with Crippen molar-refractivity contribution in [2.24, 2.45) is 0 Å². The highest BCUT2D eigenvalue weighted by Crippen LogP contribution is 2.09. The maximum atomic E-state index is 5.63. The highest BCUT2D eigenvalue weighted by atomic mass is 16.5. The summed E-state index contributed by atoms with van der Waals surface area (Å²) in [6.45, 7) is 5.66. The zero-order valence-electron chi connectivity index (χ0n) is 11.7. The zero-order valence-corrected chi connectivity index (χ0v) is 11.7. The van der Waals surface area contributed by atoms with Gasteiger partial charge in [0.25, 0.3) is 0 Å². The first-order chi connectivity index (χ1) is 9.45. The zero-order chi connectivity index (χ0) is 13.2. The standard InChI is InChI=1S/C16H25NO2/c1-2-7-11-17(10-6-1)12-13-18-14-15-19-16-8-4-3-5-9-16/h3-5,8-9H,1-2,6-7,10-15H2. The average molecular weight is 263 g/mol. The number of benzene rings is 1. The molecular formula is C16H25NO2. The molecule has 1 saturated heterocycles. The third-order valence-electron chi connectivity index (χ3n) is 3.49. The molecule has 1 heterocycles. The molecule has 0 spiro atoms. The first-order valence-electron chi connectivity index (χ1n) is 7.43. The van der Waals surface area contributed by atoms with Crippen molar-refractivity contribution in [1.29, 1.82) is 0 Å². The van der Waals surface area contributed by atoms with E-state index in [0.717, 1.165) is 18.9 Å². The molecule has 1 fully saturated rings. The van der Waals surface area contributed by atoms with Crippen LogP contribution in [0.3, 0.4) is 0 Å². The fraction of sp³-hybridized carbons (Fsp3) is 0.625. The van der Waals surface area contributed by atoms with Gasteiger partial charge >= 0.3 is 0 Å². The van der Waals surface area contributed by atoms with Gasteiger partial charge < -0.3 is 14.4 Å². The second-order valence-electron chi connectivity index (χ2n) is 5.03. The van der Waals surface area contributed by atoms with Gasteiger partial charge in [0.1, 0.15) is 12.4 Å². The average Bonchev–Trinajstić information content (AvgIpc) is 2.72. The third kappa shape index (κ3) is 6.08. The van der Waals surface area contributed by atoms with Crippen molar-refractivity contribution in [2.45, 2.75) is 25.7 Å². The van der Waals surface area contributed by atoms with Crippen LogP contribution in [-0.2, 0) is 4.74 Å². The molecule has 19 heavy (non-hydrogen) atoms. The predicted molar refractivity (Wildman–Crippen MR) is 77.7 cm³/mol. The first kappa shape index (κ1) is 14.4. The molecule has 0 atom stereocenters. The number of likely N-dealkylation sites (tertiary alicyclic amines) is 1. The van der Waals surface area contributed by atoms with Gasteiger partial charge in [-0.05, 0) is 38.1 Å². The van der Waals surface area contributed by atoms with E-state index in [1.54, 1.807) is 0 Å². The minimum absolute atomic E-state index is 0.629. The minimum Gasteiger partial charge on any atom is -0.491 e. The molecule has 1 aromatic carbocycles. The number of ether oxygens (including phenoxy) is 2. The Kier molecular flexibility index (Phi) is 6.75. The van der Waals surface area contributed by atoms with Gasteiger partial charge in [0.05, 0.1) is 13.2 Å². The molecular weight excluding hydrogens is 238 g/mol. The van der Waals surface area contributed by atoms with Crippen molar-refractivity contribution in [3.05, 3.63) is 30.3 Å². The summed E-state index contributed by atoms with van der Waals surface area (Å²) in [5.74, 6) is 0.915. The van der Waals surface area contributed by atoms with Crippen LogP contribution >= 0.6 is 0 Å². The summed E-state index contributed by atoms with van der Waals surface area (Å²) in [5.41, 5.74) is 0. The van der Waals surface area contributed by atoms with Crippen LogP contribution in [-0.4, -0.2) is 44.4 Å². The van der Waals surface area contributed by atoms with Crippen molar-refractivity contribution in [2.75, 3.05) is 39.5 Å². The maximum absolute atomic E-state index is 5.63. The minimum atomic E-state index is 0.629. The Morgan fingerprint density at radius 1 is 0.842 bits per heavy atom. The van der Waals surface area contributed by atoms with Crippen LogP contribution in [0.4, 0.5) is 0 Å². The summed E-state index contributed by atoms with van der Waals surface area (Å²) in [6.07, 6.45) is 5.47. The normalized spacial score (nSPS) is 17.1. The highest BCUT2D eigenvalue weighted by Gasteiger charge is 2.07. The molecule has 3 heteroatoms. The number of nitrogens with zero attached hydrogens (tertiary/aromatic N) is 1. The molecule has 0 N–H and O–H groups in total. The Morgan fingerprint density at radius 3 is 2.32 bits per heavy atom. The summed E-state index contributed by atoms with van der Waals surface area (Å²) < 4.78 is 11.2. The van der Waals surface area contributed by atoms with Crippen molar-refractivity contribution < 1.29 is 9.47 Å². The third-order valence-corrected chi connectivity index (χ3v) is 3.49. The van der Waals surface area contributed by atoms with Crippen LogP contribution < -0.4 is 4.74 Å². The molecule has 3 nitrogen and oxygen atoms in total. The molecule has 0 saturated carbocycles. The Balaban J connectivity index is 1.48. The largest absolute Gasteiger partial charge is 0.491 e. The van der Waals surface area contributed by atoms with E-state index in [1.165, 1.54) is 38.8 Å². The molecule has 0 bridgehead atoms. The van der Waals surface area contributed by atoms with Gasteiger partial charge in [-0.15, -0.1) is 0 Å². The van der Waals surface area contributed by atoms with E-state index in [1.807, 2.05) is 30.3 Å². The molecule has 0 aromatic heterocycles. The van der Waals surface area contributed by atoms with E-state index >= 15 is 0 Å². The second-order valence-corrected chi connectivity index (χ2v) is 5.03. The van der Waals surface area contributed by atoms with Crippen LogP contribution in [0.1, 0.15) is 25.7 Å². The highest BCUT2D eigenvalue weighted by molar-refractivity contribution is 5.20. The number of para-hydroxylation sites is 1. The Bertz CT molecular complexity index is 321. The molecule has 0 radical (unpaired) electrons. The van der Waals surface area contributed by atoms with Crippen molar-refractivity contribution in [1.82, 2.24) is 4.90 Å².